The number of thiazole rings is 1. The van der Waals surface area contributed by atoms with Crippen LogP contribution < -0.4 is 10.6 Å². The number of hydrogen-bond acceptors (Lipinski definition) is 4. The van der Waals surface area contributed by atoms with Crippen molar-refractivity contribution in [2.45, 2.75) is 13.8 Å². The number of nitrogens with one attached hydrogen (secondary N) is 2. The fourth-order valence-corrected chi connectivity index (χ4v) is 3.33. The van der Waals surface area contributed by atoms with Crippen LogP contribution in [-0.2, 0) is 0 Å². The lowest BCUT2D eigenvalue weighted by molar-refractivity contribution is 0.103. The number of halogens is 1. The Morgan fingerprint density at radius 1 is 1.08 bits per heavy atom. The van der Waals surface area contributed by atoms with E-state index in [1.165, 1.54) is 11.3 Å². The van der Waals surface area contributed by atoms with Gasteiger partial charge in [0.25, 0.3) is 5.91 Å². The van der Waals surface area contributed by atoms with Gasteiger partial charge in [-0.25, -0.2) is 4.98 Å². The summed E-state index contributed by atoms with van der Waals surface area (Å²) in [5.74, 6) is -0.190. The number of benzene rings is 2. The molecule has 24 heavy (non-hydrogen) atoms. The predicted octanol–water partition coefficient (Wildman–Crippen LogP) is 5.41. The van der Waals surface area contributed by atoms with Crippen LogP contribution in [0.25, 0.3) is 0 Å². The highest BCUT2D eigenvalue weighted by Gasteiger charge is 2.16. The third-order valence-corrected chi connectivity index (χ3v) is 4.66. The van der Waals surface area contributed by atoms with Crippen molar-refractivity contribution < 1.29 is 4.79 Å². The highest BCUT2D eigenvalue weighted by molar-refractivity contribution is 7.17. The average Bonchev–Trinajstić information content (AvgIpc) is 2.88. The Morgan fingerprint density at radius 3 is 2.58 bits per heavy atom. The molecule has 6 heteroatoms. The standard InChI is InChI=1S/C18H16ClN3OS/c1-11-5-3-7-14(9-11)22-18-20-12(2)16(24-18)17(23)21-15-8-4-6-13(19)10-15/h3-10H,1-2H3,(H,20,22)(H,21,23). The van der Waals surface area contributed by atoms with Crippen LogP contribution in [0.1, 0.15) is 20.9 Å². The Balaban J connectivity index is 1.77. The van der Waals surface area contributed by atoms with Crippen molar-refractivity contribution in [3.63, 3.8) is 0 Å². The summed E-state index contributed by atoms with van der Waals surface area (Å²) in [5.41, 5.74) is 3.46. The molecule has 0 fully saturated rings. The molecule has 0 aliphatic carbocycles. The second-order valence-electron chi connectivity index (χ2n) is 5.39. The number of anilines is 3. The van der Waals surface area contributed by atoms with Gasteiger partial charge in [-0.3, -0.25) is 4.79 Å². The van der Waals surface area contributed by atoms with Gasteiger partial charge in [-0.05, 0) is 49.7 Å². The fourth-order valence-electron chi connectivity index (χ4n) is 2.26. The predicted molar refractivity (Wildman–Crippen MR) is 101 cm³/mol. The van der Waals surface area contributed by atoms with Crippen LogP contribution in [0.3, 0.4) is 0 Å². The number of nitrogens with zero attached hydrogens (tertiary/aromatic N) is 1. The molecule has 122 valence electrons. The second-order valence-corrected chi connectivity index (χ2v) is 6.83. The molecule has 1 amide bonds. The first kappa shape index (κ1) is 16.5. The monoisotopic (exact) mass is 357 g/mol. The van der Waals surface area contributed by atoms with Gasteiger partial charge in [-0.15, -0.1) is 0 Å². The second kappa shape index (κ2) is 7.03. The highest BCUT2D eigenvalue weighted by Crippen LogP contribution is 2.27. The zero-order valence-corrected chi connectivity index (χ0v) is 14.8. The van der Waals surface area contributed by atoms with E-state index in [2.05, 4.69) is 15.6 Å². The van der Waals surface area contributed by atoms with Crippen LogP contribution in [0, 0.1) is 13.8 Å². The summed E-state index contributed by atoms with van der Waals surface area (Å²) >= 11 is 7.27. The number of rotatable bonds is 4. The fraction of sp³-hybridized carbons (Fsp3) is 0.111. The molecule has 0 unspecified atom stereocenters. The van der Waals surface area contributed by atoms with Gasteiger partial charge in [0.05, 0.1) is 5.69 Å². The SMILES string of the molecule is Cc1cccc(Nc2nc(C)c(C(=O)Nc3cccc(Cl)c3)s2)c1. The van der Waals surface area contributed by atoms with Crippen LogP contribution in [0.5, 0.6) is 0 Å². The van der Waals surface area contributed by atoms with Crippen molar-refractivity contribution >= 4 is 45.4 Å². The van der Waals surface area contributed by atoms with E-state index < -0.39 is 0 Å². The van der Waals surface area contributed by atoms with Crippen molar-refractivity contribution in [1.82, 2.24) is 4.98 Å². The molecule has 0 spiro atoms. The van der Waals surface area contributed by atoms with Crippen molar-refractivity contribution in [2.24, 2.45) is 0 Å². The van der Waals surface area contributed by atoms with Crippen LogP contribution >= 0.6 is 22.9 Å². The summed E-state index contributed by atoms with van der Waals surface area (Å²) in [6, 6.07) is 15.1. The Morgan fingerprint density at radius 2 is 1.83 bits per heavy atom. The molecule has 0 saturated heterocycles. The molecule has 3 rings (SSSR count). The van der Waals surface area contributed by atoms with E-state index in [9.17, 15) is 4.79 Å². The molecule has 0 saturated carbocycles. The summed E-state index contributed by atoms with van der Waals surface area (Å²) < 4.78 is 0. The zero-order chi connectivity index (χ0) is 17.1. The van der Waals surface area contributed by atoms with E-state index in [0.29, 0.717) is 26.4 Å². The first-order valence-electron chi connectivity index (χ1n) is 7.39. The Kier molecular flexibility index (Phi) is 4.83. The van der Waals surface area contributed by atoms with Gasteiger partial charge >= 0.3 is 0 Å². The Bertz CT molecular complexity index is 891. The lowest BCUT2D eigenvalue weighted by Gasteiger charge is -2.04. The number of amides is 1. The van der Waals surface area contributed by atoms with Gasteiger partial charge < -0.3 is 10.6 Å². The molecule has 2 aromatic carbocycles. The number of aryl methyl sites for hydroxylation is 2. The molecule has 0 aliphatic heterocycles. The third kappa shape index (κ3) is 3.93. The lowest BCUT2D eigenvalue weighted by atomic mass is 10.2. The minimum Gasteiger partial charge on any atom is -0.332 e. The summed E-state index contributed by atoms with van der Waals surface area (Å²) in [6.07, 6.45) is 0. The minimum absolute atomic E-state index is 0.190. The molecule has 1 heterocycles. The first-order valence-corrected chi connectivity index (χ1v) is 8.59. The average molecular weight is 358 g/mol. The van der Waals surface area contributed by atoms with Crippen LogP contribution in [0.15, 0.2) is 48.5 Å². The van der Waals surface area contributed by atoms with E-state index >= 15 is 0 Å². The van der Waals surface area contributed by atoms with E-state index in [1.807, 2.05) is 38.1 Å². The molecule has 0 atom stereocenters. The quantitative estimate of drug-likeness (QED) is 0.656. The van der Waals surface area contributed by atoms with E-state index in [1.54, 1.807) is 24.3 Å². The topological polar surface area (TPSA) is 54.0 Å². The number of carbonyl (C=O) groups is 1. The van der Waals surface area contributed by atoms with E-state index in [0.717, 1.165) is 11.3 Å². The van der Waals surface area contributed by atoms with E-state index in [4.69, 9.17) is 11.6 Å². The van der Waals surface area contributed by atoms with E-state index in [-0.39, 0.29) is 5.91 Å². The summed E-state index contributed by atoms with van der Waals surface area (Å²) in [7, 11) is 0. The Hall–Kier alpha value is -2.37. The van der Waals surface area contributed by atoms with Gasteiger partial charge in [0.1, 0.15) is 4.88 Å². The smallest absolute Gasteiger partial charge is 0.267 e. The maximum Gasteiger partial charge on any atom is 0.267 e. The van der Waals surface area contributed by atoms with Crippen molar-refractivity contribution in [3.8, 4) is 0 Å². The van der Waals surface area contributed by atoms with Crippen LogP contribution in [-0.4, -0.2) is 10.9 Å². The highest BCUT2D eigenvalue weighted by atomic mass is 35.5. The molecule has 4 nitrogen and oxygen atoms in total. The third-order valence-electron chi connectivity index (χ3n) is 3.35. The van der Waals surface area contributed by atoms with Gasteiger partial charge in [-0.1, -0.05) is 41.1 Å². The summed E-state index contributed by atoms with van der Waals surface area (Å²) in [6.45, 7) is 3.85. The van der Waals surface area contributed by atoms with Gasteiger partial charge in [0.15, 0.2) is 5.13 Å². The van der Waals surface area contributed by atoms with Gasteiger partial charge in [0, 0.05) is 16.4 Å². The normalized spacial score (nSPS) is 10.5. The molecule has 0 radical (unpaired) electrons. The number of carbonyl (C=O) groups excluding carboxylic acids is 1. The zero-order valence-electron chi connectivity index (χ0n) is 13.3. The number of aromatic nitrogens is 1. The van der Waals surface area contributed by atoms with Crippen molar-refractivity contribution in [1.29, 1.82) is 0 Å². The van der Waals surface area contributed by atoms with Crippen LogP contribution in [0.4, 0.5) is 16.5 Å². The van der Waals surface area contributed by atoms with Crippen molar-refractivity contribution in [2.75, 3.05) is 10.6 Å². The first-order chi connectivity index (χ1) is 11.5. The molecule has 2 N–H and O–H groups in total. The molecule has 0 bridgehead atoms. The summed E-state index contributed by atoms with van der Waals surface area (Å²) in [4.78, 5) is 17.5. The molecule has 0 aliphatic rings. The molecule has 1 aromatic heterocycles. The minimum atomic E-state index is -0.190. The molecule has 3 aromatic rings. The van der Waals surface area contributed by atoms with Gasteiger partial charge in [0.2, 0.25) is 0 Å². The maximum atomic E-state index is 12.5. The number of hydrogen-bond donors (Lipinski definition) is 2. The Labute approximate surface area is 149 Å². The lowest BCUT2D eigenvalue weighted by Crippen LogP contribution is -2.11. The largest absolute Gasteiger partial charge is 0.332 e. The summed E-state index contributed by atoms with van der Waals surface area (Å²) in [5, 5.41) is 7.35. The maximum absolute atomic E-state index is 12.5. The van der Waals surface area contributed by atoms with Crippen molar-refractivity contribution in [3.05, 3.63) is 69.7 Å². The molecular formula is C18H16ClN3OS. The molecular weight excluding hydrogens is 342 g/mol. The van der Waals surface area contributed by atoms with Gasteiger partial charge in [-0.2, -0.15) is 0 Å². The van der Waals surface area contributed by atoms with Crippen LogP contribution in [0.2, 0.25) is 5.02 Å².